The first kappa shape index (κ1) is 17.4. The standard InChI is InChI=1S/C10H14Cl3NO4/c1-7(2)4-3-5-8(15)18-14-9(16)17-6-10(11,12)13/h3-4,7H,5-6H2,1-2H3,(H,14,16)/b4-3+. The van der Waals surface area contributed by atoms with Gasteiger partial charge in [0.05, 0.1) is 6.42 Å². The van der Waals surface area contributed by atoms with E-state index in [9.17, 15) is 9.59 Å². The van der Waals surface area contributed by atoms with E-state index in [1.54, 1.807) is 11.6 Å². The predicted octanol–water partition coefficient (Wildman–Crippen LogP) is 3.14. The minimum absolute atomic E-state index is 0.0446. The summed E-state index contributed by atoms with van der Waals surface area (Å²) in [5, 5.41) is 0. The van der Waals surface area contributed by atoms with E-state index >= 15 is 0 Å². The van der Waals surface area contributed by atoms with Crippen LogP contribution in [0.5, 0.6) is 0 Å². The molecule has 0 rings (SSSR count). The van der Waals surface area contributed by atoms with Crippen LogP contribution in [0, 0.1) is 5.92 Å². The number of hydroxylamine groups is 1. The number of carbonyl (C=O) groups excluding carboxylic acids is 2. The van der Waals surface area contributed by atoms with E-state index in [1.807, 2.05) is 19.9 Å². The molecule has 8 heteroatoms. The molecule has 1 amide bonds. The second-order valence-electron chi connectivity index (χ2n) is 3.64. The van der Waals surface area contributed by atoms with Gasteiger partial charge in [0.25, 0.3) is 0 Å². The number of nitrogens with one attached hydrogen (secondary N) is 1. The molecule has 0 atom stereocenters. The van der Waals surface area contributed by atoms with Gasteiger partial charge in [-0.2, -0.15) is 0 Å². The fourth-order valence-corrected chi connectivity index (χ4v) is 0.917. The lowest BCUT2D eigenvalue weighted by Gasteiger charge is -2.11. The van der Waals surface area contributed by atoms with Gasteiger partial charge in [0, 0.05) is 0 Å². The van der Waals surface area contributed by atoms with Crippen LogP contribution in [0.4, 0.5) is 4.79 Å². The van der Waals surface area contributed by atoms with Crippen LogP contribution in [-0.4, -0.2) is 22.5 Å². The molecule has 0 bridgehead atoms. The van der Waals surface area contributed by atoms with Gasteiger partial charge in [-0.15, -0.1) is 5.48 Å². The van der Waals surface area contributed by atoms with E-state index in [4.69, 9.17) is 34.8 Å². The highest BCUT2D eigenvalue weighted by molar-refractivity contribution is 6.67. The first-order valence-electron chi connectivity index (χ1n) is 5.06. The third-order valence-electron chi connectivity index (χ3n) is 1.42. The average Bonchev–Trinajstić information content (AvgIpc) is 2.22. The van der Waals surface area contributed by atoms with Crippen LogP contribution in [0.3, 0.4) is 0 Å². The van der Waals surface area contributed by atoms with Crippen LogP contribution in [0.1, 0.15) is 20.3 Å². The molecular formula is C10H14Cl3NO4. The van der Waals surface area contributed by atoms with Crippen molar-refractivity contribution in [1.29, 1.82) is 0 Å². The van der Waals surface area contributed by atoms with Crippen molar-refractivity contribution in [2.24, 2.45) is 5.92 Å². The van der Waals surface area contributed by atoms with Crippen molar-refractivity contribution >= 4 is 46.9 Å². The fourth-order valence-electron chi connectivity index (χ4n) is 0.754. The van der Waals surface area contributed by atoms with Crippen LogP contribution in [-0.2, 0) is 14.4 Å². The van der Waals surface area contributed by atoms with Crippen molar-refractivity contribution in [2.45, 2.75) is 24.1 Å². The Hall–Kier alpha value is -0.650. The average molecular weight is 319 g/mol. The first-order chi connectivity index (χ1) is 8.20. The number of hydrogen-bond acceptors (Lipinski definition) is 4. The Morgan fingerprint density at radius 1 is 1.33 bits per heavy atom. The smallest absolute Gasteiger partial charge is 0.440 e. The minimum Gasteiger partial charge on any atom is -0.443 e. The van der Waals surface area contributed by atoms with Crippen molar-refractivity contribution < 1.29 is 19.2 Å². The number of rotatable bonds is 4. The fraction of sp³-hybridized carbons (Fsp3) is 0.600. The molecule has 0 spiro atoms. The molecule has 0 fully saturated rings. The van der Waals surface area contributed by atoms with Crippen molar-refractivity contribution in [3.8, 4) is 0 Å². The van der Waals surface area contributed by atoms with Crippen LogP contribution in [0.15, 0.2) is 12.2 Å². The lowest BCUT2D eigenvalue weighted by molar-refractivity contribution is -0.148. The number of allylic oxidation sites excluding steroid dienone is 1. The molecular weight excluding hydrogens is 304 g/mol. The van der Waals surface area contributed by atoms with Gasteiger partial charge < -0.3 is 9.57 Å². The Morgan fingerprint density at radius 3 is 2.44 bits per heavy atom. The highest BCUT2D eigenvalue weighted by Gasteiger charge is 2.22. The van der Waals surface area contributed by atoms with Gasteiger partial charge in [-0.25, -0.2) is 9.59 Å². The maximum Gasteiger partial charge on any atom is 0.440 e. The molecule has 0 aromatic rings. The Balaban J connectivity index is 3.76. The highest BCUT2D eigenvalue weighted by atomic mass is 35.6. The zero-order valence-corrected chi connectivity index (χ0v) is 12.2. The number of halogens is 3. The van der Waals surface area contributed by atoms with Gasteiger partial charge in [0.1, 0.15) is 6.61 Å². The summed E-state index contributed by atoms with van der Waals surface area (Å²) in [6, 6.07) is 0. The summed E-state index contributed by atoms with van der Waals surface area (Å²) in [5.74, 6) is -0.294. The molecule has 0 aliphatic heterocycles. The van der Waals surface area contributed by atoms with Gasteiger partial charge >= 0.3 is 12.1 Å². The number of hydrogen-bond donors (Lipinski definition) is 1. The SMILES string of the molecule is CC(C)/C=C/CC(=O)ONC(=O)OCC(Cl)(Cl)Cl. The Kier molecular flexibility index (Phi) is 8.15. The summed E-state index contributed by atoms with van der Waals surface area (Å²) in [6.45, 7) is 3.48. The molecule has 0 saturated carbocycles. The van der Waals surface area contributed by atoms with Crippen LogP contribution in [0.2, 0.25) is 0 Å². The molecule has 0 saturated heterocycles. The summed E-state index contributed by atoms with van der Waals surface area (Å²) in [4.78, 5) is 26.5. The Labute approximate surface area is 120 Å². The maximum atomic E-state index is 11.1. The molecule has 5 nitrogen and oxygen atoms in total. The molecule has 0 aromatic carbocycles. The molecule has 0 radical (unpaired) electrons. The molecule has 18 heavy (non-hydrogen) atoms. The molecule has 0 aromatic heterocycles. The quantitative estimate of drug-likeness (QED) is 0.491. The number of ether oxygens (including phenoxy) is 1. The van der Waals surface area contributed by atoms with Crippen LogP contribution >= 0.6 is 34.8 Å². The molecule has 0 aliphatic rings. The normalized spacial score (nSPS) is 11.7. The van der Waals surface area contributed by atoms with E-state index in [0.717, 1.165) is 0 Å². The zero-order chi connectivity index (χ0) is 14.2. The lowest BCUT2D eigenvalue weighted by Crippen LogP contribution is -2.30. The van der Waals surface area contributed by atoms with Gasteiger partial charge in [-0.1, -0.05) is 60.8 Å². The molecule has 0 heterocycles. The van der Waals surface area contributed by atoms with Gasteiger partial charge in [0.15, 0.2) is 0 Å². The van der Waals surface area contributed by atoms with Crippen molar-refractivity contribution in [3.63, 3.8) is 0 Å². The summed E-state index contributed by atoms with van der Waals surface area (Å²) in [7, 11) is 0. The Morgan fingerprint density at radius 2 is 1.94 bits per heavy atom. The van der Waals surface area contributed by atoms with Crippen molar-refractivity contribution in [3.05, 3.63) is 12.2 Å². The minimum atomic E-state index is -1.71. The second kappa shape index (κ2) is 8.45. The second-order valence-corrected chi connectivity index (χ2v) is 6.16. The van der Waals surface area contributed by atoms with Crippen LogP contribution in [0.25, 0.3) is 0 Å². The number of alkyl halides is 3. The van der Waals surface area contributed by atoms with E-state index in [-0.39, 0.29) is 6.42 Å². The topological polar surface area (TPSA) is 64.6 Å². The predicted molar refractivity (Wildman–Crippen MR) is 69.5 cm³/mol. The van der Waals surface area contributed by atoms with E-state index < -0.39 is 22.5 Å². The van der Waals surface area contributed by atoms with E-state index in [1.165, 1.54) is 0 Å². The maximum absolute atomic E-state index is 11.1. The third-order valence-corrected chi connectivity index (χ3v) is 1.75. The number of carbonyl (C=O) groups is 2. The summed E-state index contributed by atoms with van der Waals surface area (Å²) in [6.07, 6.45) is 2.51. The van der Waals surface area contributed by atoms with Gasteiger partial charge in [-0.3, -0.25) is 0 Å². The third kappa shape index (κ3) is 11.8. The van der Waals surface area contributed by atoms with Crippen molar-refractivity contribution in [1.82, 2.24) is 5.48 Å². The Bertz CT molecular complexity index is 313. The summed E-state index contributed by atoms with van der Waals surface area (Å²) >= 11 is 16.0. The highest BCUT2D eigenvalue weighted by Crippen LogP contribution is 2.25. The van der Waals surface area contributed by atoms with Crippen molar-refractivity contribution in [2.75, 3.05) is 6.61 Å². The molecule has 104 valence electrons. The van der Waals surface area contributed by atoms with E-state index in [0.29, 0.717) is 5.92 Å². The molecule has 0 unspecified atom stereocenters. The van der Waals surface area contributed by atoms with Crippen LogP contribution < -0.4 is 5.48 Å². The summed E-state index contributed by atoms with van der Waals surface area (Å²) in [5.41, 5.74) is 1.77. The monoisotopic (exact) mass is 317 g/mol. The van der Waals surface area contributed by atoms with Gasteiger partial charge in [0.2, 0.25) is 3.79 Å². The lowest BCUT2D eigenvalue weighted by atomic mass is 10.2. The van der Waals surface area contributed by atoms with Gasteiger partial charge in [-0.05, 0) is 5.92 Å². The molecule has 0 aliphatic carbocycles. The zero-order valence-electron chi connectivity index (χ0n) is 9.91. The number of amides is 1. The molecule has 1 N–H and O–H groups in total. The first-order valence-corrected chi connectivity index (χ1v) is 6.20. The summed E-state index contributed by atoms with van der Waals surface area (Å²) < 4.78 is 2.75. The van der Waals surface area contributed by atoms with E-state index in [2.05, 4.69) is 9.57 Å². The largest absolute Gasteiger partial charge is 0.443 e.